The number of ether oxygens (including phenoxy) is 1. The van der Waals surface area contributed by atoms with Gasteiger partial charge in [-0.25, -0.2) is 14.7 Å². The Morgan fingerprint density at radius 1 is 1.52 bits per heavy atom. The van der Waals surface area contributed by atoms with Crippen molar-refractivity contribution in [2.45, 2.75) is 24.4 Å². The maximum absolute atomic E-state index is 11.5. The minimum atomic E-state index is -0.373. The van der Waals surface area contributed by atoms with E-state index in [4.69, 9.17) is 0 Å². The van der Waals surface area contributed by atoms with Crippen molar-refractivity contribution < 1.29 is 9.53 Å². The second-order valence-corrected chi connectivity index (χ2v) is 5.94. The summed E-state index contributed by atoms with van der Waals surface area (Å²) in [6.45, 7) is 2.46. The van der Waals surface area contributed by atoms with E-state index in [1.165, 1.54) is 18.9 Å². The molecule has 0 unspecified atom stereocenters. The smallest absolute Gasteiger partial charge is 0.343 e. The van der Waals surface area contributed by atoms with Gasteiger partial charge in [0.25, 0.3) is 0 Å². The van der Waals surface area contributed by atoms with Crippen LogP contribution in [0, 0.1) is 0 Å². The fourth-order valence-corrected chi connectivity index (χ4v) is 3.46. The molecule has 0 aliphatic carbocycles. The van der Waals surface area contributed by atoms with Crippen LogP contribution >= 0.6 is 27.7 Å². The quantitative estimate of drug-likeness (QED) is 0.645. The van der Waals surface area contributed by atoms with Crippen molar-refractivity contribution in [1.82, 2.24) is 14.8 Å². The van der Waals surface area contributed by atoms with Gasteiger partial charge in [0.15, 0.2) is 5.16 Å². The lowest BCUT2D eigenvalue weighted by Gasteiger charge is -2.06. The summed E-state index contributed by atoms with van der Waals surface area (Å²) in [5.74, 6) is 0.258. The predicted octanol–water partition coefficient (Wildman–Crippen LogP) is 2.43. The number of thioether (sulfide) groups is 1. The minimum absolute atomic E-state index is 0.208. The third-order valence-corrected chi connectivity index (χ3v) is 4.63. The molecule has 1 aromatic carbocycles. The summed E-state index contributed by atoms with van der Waals surface area (Å²) in [7, 11) is 1.35. The molecule has 0 saturated carbocycles. The number of methoxy groups -OCH3 is 1. The largest absolute Gasteiger partial charge is 0.465 e. The molecule has 1 aromatic heterocycles. The van der Waals surface area contributed by atoms with E-state index in [0.717, 1.165) is 10.0 Å². The van der Waals surface area contributed by atoms with E-state index >= 15 is 0 Å². The second-order valence-electron chi connectivity index (χ2n) is 4.14. The molecule has 8 heteroatoms. The molecule has 1 heterocycles. The van der Waals surface area contributed by atoms with Gasteiger partial charge in [-0.05, 0) is 24.6 Å². The van der Waals surface area contributed by atoms with Crippen molar-refractivity contribution in [3.63, 3.8) is 0 Å². The van der Waals surface area contributed by atoms with Gasteiger partial charge in [-0.3, -0.25) is 4.57 Å². The highest BCUT2D eigenvalue weighted by atomic mass is 79.9. The highest BCUT2D eigenvalue weighted by Gasteiger charge is 2.11. The lowest BCUT2D eigenvalue weighted by atomic mass is 10.1. The Hall–Kier alpha value is -1.54. The van der Waals surface area contributed by atoms with Crippen molar-refractivity contribution in [3.05, 3.63) is 44.3 Å². The molecular formula is C13H14BrN3O3S. The number of aromatic amines is 1. The molecule has 0 atom stereocenters. The number of aromatic nitrogens is 3. The van der Waals surface area contributed by atoms with E-state index in [2.05, 4.69) is 30.9 Å². The van der Waals surface area contributed by atoms with Gasteiger partial charge in [0, 0.05) is 16.8 Å². The van der Waals surface area contributed by atoms with E-state index in [9.17, 15) is 9.59 Å². The van der Waals surface area contributed by atoms with E-state index < -0.39 is 0 Å². The number of hydrogen-bond donors (Lipinski definition) is 1. The lowest BCUT2D eigenvalue weighted by Crippen LogP contribution is -2.16. The summed E-state index contributed by atoms with van der Waals surface area (Å²) in [5.41, 5.74) is 1.29. The van der Waals surface area contributed by atoms with E-state index in [0.29, 0.717) is 23.0 Å². The average molecular weight is 372 g/mol. The monoisotopic (exact) mass is 371 g/mol. The first-order valence-corrected chi connectivity index (χ1v) is 7.99. The van der Waals surface area contributed by atoms with Crippen LogP contribution in [0.1, 0.15) is 22.8 Å². The number of hydrogen-bond acceptors (Lipinski definition) is 5. The van der Waals surface area contributed by atoms with Crippen LogP contribution in [0.4, 0.5) is 0 Å². The van der Waals surface area contributed by atoms with Gasteiger partial charge in [0.05, 0.1) is 12.7 Å². The van der Waals surface area contributed by atoms with Crippen molar-refractivity contribution in [2.24, 2.45) is 0 Å². The number of halogens is 1. The first kappa shape index (κ1) is 15.8. The van der Waals surface area contributed by atoms with Crippen molar-refractivity contribution in [3.8, 4) is 0 Å². The number of carbonyl (C=O) groups is 1. The van der Waals surface area contributed by atoms with Crippen LogP contribution in [-0.4, -0.2) is 27.8 Å². The summed E-state index contributed by atoms with van der Waals surface area (Å²) in [6, 6.07) is 5.29. The summed E-state index contributed by atoms with van der Waals surface area (Å²) in [4.78, 5) is 22.9. The molecule has 6 nitrogen and oxygen atoms in total. The van der Waals surface area contributed by atoms with Crippen molar-refractivity contribution in [1.29, 1.82) is 0 Å². The van der Waals surface area contributed by atoms with Gasteiger partial charge >= 0.3 is 11.7 Å². The molecule has 0 radical (unpaired) electrons. The Morgan fingerprint density at radius 2 is 2.29 bits per heavy atom. The van der Waals surface area contributed by atoms with Crippen LogP contribution < -0.4 is 5.69 Å². The van der Waals surface area contributed by atoms with Gasteiger partial charge in [-0.2, -0.15) is 0 Å². The molecule has 0 spiro atoms. The number of rotatable bonds is 5. The van der Waals surface area contributed by atoms with Crippen molar-refractivity contribution >= 4 is 33.7 Å². The summed E-state index contributed by atoms with van der Waals surface area (Å²) < 4.78 is 7.07. The fourth-order valence-electron chi connectivity index (χ4n) is 1.74. The molecule has 0 saturated heterocycles. The third-order valence-electron chi connectivity index (χ3n) is 2.87. The molecule has 0 bridgehead atoms. The molecule has 2 rings (SSSR count). The summed E-state index contributed by atoms with van der Waals surface area (Å²) in [6.07, 6.45) is 0. The second kappa shape index (κ2) is 6.95. The number of esters is 1. The van der Waals surface area contributed by atoms with Crippen LogP contribution in [0.5, 0.6) is 0 Å². The van der Waals surface area contributed by atoms with Crippen molar-refractivity contribution in [2.75, 3.05) is 7.11 Å². The molecule has 21 heavy (non-hydrogen) atoms. The van der Waals surface area contributed by atoms with Gasteiger partial charge in [-0.15, -0.1) is 5.10 Å². The van der Waals surface area contributed by atoms with Crippen LogP contribution in [-0.2, 0) is 17.0 Å². The Morgan fingerprint density at radius 3 is 2.90 bits per heavy atom. The van der Waals surface area contributed by atoms with Gasteiger partial charge in [0.2, 0.25) is 0 Å². The first-order valence-electron chi connectivity index (χ1n) is 6.21. The normalized spacial score (nSPS) is 10.6. The third kappa shape index (κ3) is 3.56. The van der Waals surface area contributed by atoms with E-state index in [1.807, 2.05) is 13.0 Å². The molecule has 2 aromatic rings. The maximum Gasteiger partial charge on any atom is 0.343 e. The van der Waals surface area contributed by atoms with Crippen LogP contribution in [0.3, 0.4) is 0 Å². The molecule has 0 aliphatic rings. The van der Waals surface area contributed by atoms with E-state index in [-0.39, 0.29) is 11.7 Å². The van der Waals surface area contributed by atoms with Gasteiger partial charge < -0.3 is 4.74 Å². The number of nitrogens with zero attached hydrogens (tertiary/aromatic N) is 2. The molecule has 112 valence electrons. The van der Waals surface area contributed by atoms with Crippen LogP contribution in [0.2, 0.25) is 0 Å². The zero-order chi connectivity index (χ0) is 15.4. The predicted molar refractivity (Wildman–Crippen MR) is 83.6 cm³/mol. The van der Waals surface area contributed by atoms with Crippen LogP contribution in [0.15, 0.2) is 32.6 Å². The van der Waals surface area contributed by atoms with Gasteiger partial charge in [0.1, 0.15) is 0 Å². The fraction of sp³-hybridized carbons (Fsp3) is 0.308. The summed E-state index contributed by atoms with van der Waals surface area (Å²) in [5, 5.41) is 7.07. The van der Waals surface area contributed by atoms with Gasteiger partial charge in [-0.1, -0.05) is 33.8 Å². The molecular weight excluding hydrogens is 358 g/mol. The zero-order valence-corrected chi connectivity index (χ0v) is 14.0. The Bertz CT molecular complexity index is 711. The molecule has 0 aliphatic heterocycles. The first-order chi connectivity index (χ1) is 10.1. The van der Waals surface area contributed by atoms with E-state index in [1.54, 1.807) is 16.7 Å². The topological polar surface area (TPSA) is 77.0 Å². The number of carbonyl (C=O) groups excluding carboxylic acids is 1. The number of benzene rings is 1. The Kier molecular flexibility index (Phi) is 5.24. The Labute approximate surface area is 134 Å². The highest BCUT2D eigenvalue weighted by molar-refractivity contribution is 9.10. The molecule has 0 fully saturated rings. The number of H-pyrrole nitrogens is 1. The standard InChI is InChI=1S/C13H14BrN3O3S/c1-3-17-12(19)15-16-13(17)21-7-9-5-4-8(6-10(9)14)11(18)20-2/h4-6H,3,7H2,1-2H3,(H,15,19). The lowest BCUT2D eigenvalue weighted by molar-refractivity contribution is 0.0600. The average Bonchev–Trinajstić information content (AvgIpc) is 2.85. The highest BCUT2D eigenvalue weighted by Crippen LogP contribution is 2.26. The maximum atomic E-state index is 11.5. The molecule has 1 N–H and O–H groups in total. The molecule has 0 amide bonds. The zero-order valence-electron chi connectivity index (χ0n) is 11.6. The Balaban J connectivity index is 2.13. The minimum Gasteiger partial charge on any atom is -0.465 e. The SMILES string of the molecule is CCn1c(SCc2ccc(C(=O)OC)cc2Br)n[nH]c1=O. The van der Waals surface area contributed by atoms with Crippen LogP contribution in [0.25, 0.3) is 0 Å². The number of nitrogens with one attached hydrogen (secondary N) is 1. The summed E-state index contributed by atoms with van der Waals surface area (Å²) >= 11 is 4.90.